The zero-order chi connectivity index (χ0) is 13.8. The van der Waals surface area contributed by atoms with Crippen LogP contribution in [0.3, 0.4) is 0 Å². The second-order valence-corrected chi connectivity index (χ2v) is 5.27. The van der Waals surface area contributed by atoms with E-state index >= 15 is 0 Å². The molecule has 0 aliphatic heterocycles. The molecular weight excluding hydrogens is 226 g/mol. The normalized spacial score (nSPS) is 15.2. The molecular formula is C15H25NO2. The minimum Gasteiger partial charge on any atom is -0.494 e. The predicted molar refractivity (Wildman–Crippen MR) is 74.9 cm³/mol. The van der Waals surface area contributed by atoms with Crippen molar-refractivity contribution in [2.75, 3.05) is 6.61 Å². The number of rotatable bonds is 6. The van der Waals surface area contributed by atoms with Crippen molar-refractivity contribution in [3.63, 3.8) is 0 Å². The molecule has 1 rings (SSSR count). The zero-order valence-corrected chi connectivity index (χ0v) is 12.0. The lowest BCUT2D eigenvalue weighted by molar-refractivity contribution is 0.0405. The van der Waals surface area contributed by atoms with E-state index in [0.29, 0.717) is 6.61 Å². The standard InChI is InChI=1S/C15H25NO2/c1-6-18-14-9-7-13(8-10-14)11(2)16-12(3)15(4,5)17/h7-12,16-17H,6H2,1-5H3. The van der Waals surface area contributed by atoms with E-state index in [1.165, 1.54) is 5.56 Å². The summed E-state index contributed by atoms with van der Waals surface area (Å²) in [6, 6.07) is 8.29. The van der Waals surface area contributed by atoms with E-state index in [1.54, 1.807) is 0 Å². The van der Waals surface area contributed by atoms with Crippen molar-refractivity contribution in [3.8, 4) is 5.75 Å². The van der Waals surface area contributed by atoms with Gasteiger partial charge >= 0.3 is 0 Å². The topological polar surface area (TPSA) is 41.5 Å². The Hall–Kier alpha value is -1.06. The lowest BCUT2D eigenvalue weighted by Gasteiger charge is -2.30. The summed E-state index contributed by atoms with van der Waals surface area (Å²) >= 11 is 0. The first kappa shape index (κ1) is 15.0. The highest BCUT2D eigenvalue weighted by Gasteiger charge is 2.23. The summed E-state index contributed by atoms with van der Waals surface area (Å²) < 4.78 is 5.42. The third-order valence-electron chi connectivity index (χ3n) is 3.25. The van der Waals surface area contributed by atoms with E-state index in [2.05, 4.69) is 24.4 Å². The van der Waals surface area contributed by atoms with Crippen molar-refractivity contribution in [1.82, 2.24) is 5.32 Å². The molecule has 2 unspecified atom stereocenters. The molecule has 102 valence electrons. The molecule has 0 radical (unpaired) electrons. The average Bonchev–Trinajstić information content (AvgIpc) is 2.29. The lowest BCUT2D eigenvalue weighted by Crippen LogP contribution is -2.45. The highest BCUT2D eigenvalue weighted by Crippen LogP contribution is 2.19. The summed E-state index contributed by atoms with van der Waals surface area (Å²) in [6.45, 7) is 10.4. The summed E-state index contributed by atoms with van der Waals surface area (Å²) in [5, 5.41) is 13.3. The summed E-state index contributed by atoms with van der Waals surface area (Å²) in [5.74, 6) is 0.893. The van der Waals surface area contributed by atoms with Crippen LogP contribution in [-0.2, 0) is 0 Å². The number of hydrogen-bond donors (Lipinski definition) is 2. The molecule has 0 bridgehead atoms. The SMILES string of the molecule is CCOc1ccc(C(C)NC(C)C(C)(C)O)cc1. The maximum Gasteiger partial charge on any atom is 0.119 e. The second-order valence-electron chi connectivity index (χ2n) is 5.27. The molecule has 0 saturated heterocycles. The van der Waals surface area contributed by atoms with Crippen LogP contribution in [0.2, 0.25) is 0 Å². The van der Waals surface area contributed by atoms with Crippen LogP contribution in [0, 0.1) is 0 Å². The van der Waals surface area contributed by atoms with Crippen molar-refractivity contribution in [3.05, 3.63) is 29.8 Å². The molecule has 0 aliphatic rings. The van der Waals surface area contributed by atoms with E-state index in [9.17, 15) is 5.11 Å². The molecule has 3 heteroatoms. The molecule has 18 heavy (non-hydrogen) atoms. The molecule has 2 N–H and O–H groups in total. The smallest absolute Gasteiger partial charge is 0.119 e. The molecule has 0 amide bonds. The maximum absolute atomic E-state index is 9.91. The molecule has 0 aliphatic carbocycles. The van der Waals surface area contributed by atoms with Gasteiger partial charge in [-0.05, 0) is 52.3 Å². The van der Waals surface area contributed by atoms with Crippen molar-refractivity contribution >= 4 is 0 Å². The van der Waals surface area contributed by atoms with Gasteiger partial charge in [0.1, 0.15) is 5.75 Å². The van der Waals surface area contributed by atoms with Crippen molar-refractivity contribution in [2.24, 2.45) is 0 Å². The fourth-order valence-corrected chi connectivity index (χ4v) is 1.69. The fraction of sp³-hybridized carbons (Fsp3) is 0.600. The van der Waals surface area contributed by atoms with E-state index < -0.39 is 5.60 Å². The maximum atomic E-state index is 9.91. The Morgan fingerprint density at radius 1 is 1.22 bits per heavy atom. The first-order valence-corrected chi connectivity index (χ1v) is 6.55. The summed E-state index contributed by atoms with van der Waals surface area (Å²) in [6.07, 6.45) is 0. The number of nitrogens with one attached hydrogen (secondary N) is 1. The van der Waals surface area contributed by atoms with Crippen LogP contribution in [0.1, 0.15) is 46.2 Å². The van der Waals surface area contributed by atoms with Gasteiger partial charge in [-0.15, -0.1) is 0 Å². The van der Waals surface area contributed by atoms with Crippen molar-refractivity contribution in [1.29, 1.82) is 0 Å². The van der Waals surface area contributed by atoms with Crippen molar-refractivity contribution < 1.29 is 9.84 Å². The number of aliphatic hydroxyl groups is 1. The van der Waals surface area contributed by atoms with Crippen LogP contribution >= 0.6 is 0 Å². The van der Waals surface area contributed by atoms with Gasteiger partial charge in [0.25, 0.3) is 0 Å². The Labute approximate surface area is 110 Å². The Morgan fingerprint density at radius 2 is 1.78 bits per heavy atom. The Kier molecular flexibility index (Phi) is 5.17. The molecule has 0 spiro atoms. The third-order valence-corrected chi connectivity index (χ3v) is 3.25. The molecule has 2 atom stereocenters. The Balaban J connectivity index is 2.64. The van der Waals surface area contributed by atoms with Gasteiger partial charge in [0.15, 0.2) is 0 Å². The van der Waals surface area contributed by atoms with E-state index in [0.717, 1.165) is 5.75 Å². The van der Waals surface area contributed by atoms with Crippen LogP contribution < -0.4 is 10.1 Å². The molecule has 0 saturated carbocycles. The van der Waals surface area contributed by atoms with Gasteiger partial charge < -0.3 is 15.2 Å². The molecule has 3 nitrogen and oxygen atoms in total. The van der Waals surface area contributed by atoms with E-state index in [1.807, 2.05) is 39.8 Å². The van der Waals surface area contributed by atoms with E-state index in [-0.39, 0.29) is 12.1 Å². The largest absolute Gasteiger partial charge is 0.494 e. The fourth-order valence-electron chi connectivity index (χ4n) is 1.69. The molecule has 0 aromatic heterocycles. The van der Waals surface area contributed by atoms with Gasteiger partial charge in [-0.1, -0.05) is 12.1 Å². The highest BCUT2D eigenvalue weighted by atomic mass is 16.5. The van der Waals surface area contributed by atoms with Crippen LogP contribution in [0.15, 0.2) is 24.3 Å². The van der Waals surface area contributed by atoms with Crippen LogP contribution in [0.25, 0.3) is 0 Å². The zero-order valence-electron chi connectivity index (χ0n) is 12.0. The van der Waals surface area contributed by atoms with Gasteiger partial charge in [-0.2, -0.15) is 0 Å². The van der Waals surface area contributed by atoms with Gasteiger partial charge in [-0.25, -0.2) is 0 Å². The Morgan fingerprint density at radius 3 is 2.22 bits per heavy atom. The lowest BCUT2D eigenvalue weighted by atomic mass is 9.98. The average molecular weight is 251 g/mol. The first-order chi connectivity index (χ1) is 8.34. The van der Waals surface area contributed by atoms with Crippen LogP contribution in [0.5, 0.6) is 5.75 Å². The van der Waals surface area contributed by atoms with Gasteiger partial charge in [0.2, 0.25) is 0 Å². The minimum absolute atomic E-state index is 0.0269. The molecule has 1 aromatic carbocycles. The number of hydrogen-bond acceptors (Lipinski definition) is 3. The first-order valence-electron chi connectivity index (χ1n) is 6.55. The Bertz CT molecular complexity index is 354. The molecule has 0 heterocycles. The van der Waals surface area contributed by atoms with E-state index in [4.69, 9.17) is 4.74 Å². The van der Waals surface area contributed by atoms with Gasteiger partial charge in [-0.3, -0.25) is 0 Å². The van der Waals surface area contributed by atoms with Crippen LogP contribution in [-0.4, -0.2) is 23.4 Å². The summed E-state index contributed by atoms with van der Waals surface area (Å²) in [5.41, 5.74) is 0.467. The number of ether oxygens (including phenoxy) is 1. The third kappa shape index (κ3) is 4.31. The number of benzene rings is 1. The van der Waals surface area contributed by atoms with Crippen LogP contribution in [0.4, 0.5) is 0 Å². The second kappa shape index (κ2) is 6.21. The summed E-state index contributed by atoms with van der Waals surface area (Å²) in [7, 11) is 0. The minimum atomic E-state index is -0.723. The highest BCUT2D eigenvalue weighted by molar-refractivity contribution is 5.29. The quantitative estimate of drug-likeness (QED) is 0.817. The summed E-state index contributed by atoms with van der Waals surface area (Å²) in [4.78, 5) is 0. The molecule has 1 aromatic rings. The van der Waals surface area contributed by atoms with Crippen molar-refractivity contribution in [2.45, 2.75) is 52.3 Å². The van der Waals surface area contributed by atoms with Gasteiger partial charge in [0, 0.05) is 12.1 Å². The predicted octanol–water partition coefficient (Wildman–Crippen LogP) is 2.90. The monoisotopic (exact) mass is 251 g/mol. The molecule has 0 fully saturated rings. The van der Waals surface area contributed by atoms with Gasteiger partial charge in [0.05, 0.1) is 12.2 Å².